The van der Waals surface area contributed by atoms with Crippen LogP contribution in [0.15, 0.2) is 24.3 Å². The zero-order valence-electron chi connectivity index (χ0n) is 10.5. The van der Waals surface area contributed by atoms with Crippen molar-refractivity contribution in [1.29, 1.82) is 0 Å². The zero-order valence-corrected chi connectivity index (χ0v) is 10.5. The average molecular weight is 249 g/mol. The van der Waals surface area contributed by atoms with E-state index in [1.165, 1.54) is 0 Å². The van der Waals surface area contributed by atoms with Crippen LogP contribution in [0.25, 0.3) is 0 Å². The molecule has 0 unspecified atom stereocenters. The number of hydrogen-bond acceptors (Lipinski definition) is 3. The molecule has 0 aliphatic heterocycles. The maximum atomic E-state index is 11.5. The molecule has 4 N–H and O–H groups in total. The number of rotatable bonds is 6. The number of nitrogens with one attached hydrogen (secondary N) is 2. The van der Waals surface area contributed by atoms with Crippen molar-refractivity contribution in [2.45, 2.75) is 19.8 Å². The first-order valence-corrected chi connectivity index (χ1v) is 6.05. The quantitative estimate of drug-likeness (QED) is 0.706. The van der Waals surface area contributed by atoms with Gasteiger partial charge in [0.05, 0.1) is 0 Å². The second-order valence-corrected chi connectivity index (χ2v) is 3.88. The first-order valence-electron chi connectivity index (χ1n) is 6.05. The average Bonchev–Trinajstić information content (AvgIpc) is 2.37. The van der Waals surface area contributed by atoms with Crippen molar-refractivity contribution >= 4 is 17.5 Å². The molecule has 0 aliphatic carbocycles. The van der Waals surface area contributed by atoms with Crippen LogP contribution in [-0.4, -0.2) is 24.9 Å². The van der Waals surface area contributed by atoms with Gasteiger partial charge in [0.15, 0.2) is 0 Å². The molecule has 5 nitrogen and oxygen atoms in total. The van der Waals surface area contributed by atoms with Gasteiger partial charge in [-0.3, -0.25) is 9.59 Å². The van der Waals surface area contributed by atoms with Crippen molar-refractivity contribution in [3.63, 3.8) is 0 Å². The molecule has 0 saturated heterocycles. The van der Waals surface area contributed by atoms with Gasteiger partial charge in [0.1, 0.15) is 0 Å². The summed E-state index contributed by atoms with van der Waals surface area (Å²) < 4.78 is 0. The number of nitrogens with two attached hydrogens (primary N) is 1. The fourth-order valence-electron chi connectivity index (χ4n) is 1.45. The van der Waals surface area contributed by atoms with Crippen molar-refractivity contribution in [3.05, 3.63) is 29.8 Å². The lowest BCUT2D eigenvalue weighted by Gasteiger charge is -2.06. The van der Waals surface area contributed by atoms with Crippen LogP contribution in [0.4, 0.5) is 5.69 Å². The summed E-state index contributed by atoms with van der Waals surface area (Å²) >= 11 is 0. The molecule has 0 saturated carbocycles. The lowest BCUT2D eigenvalue weighted by molar-refractivity contribution is -0.116. The van der Waals surface area contributed by atoms with E-state index in [-0.39, 0.29) is 11.8 Å². The maximum Gasteiger partial charge on any atom is 0.251 e. The number of benzene rings is 1. The molecule has 0 bridgehead atoms. The minimum absolute atomic E-state index is 0.0637. The molecule has 0 aromatic heterocycles. The van der Waals surface area contributed by atoms with Crippen LogP contribution < -0.4 is 16.4 Å². The highest BCUT2D eigenvalue weighted by molar-refractivity contribution is 5.95. The van der Waals surface area contributed by atoms with E-state index in [2.05, 4.69) is 10.6 Å². The van der Waals surface area contributed by atoms with Crippen LogP contribution in [0.1, 0.15) is 30.1 Å². The van der Waals surface area contributed by atoms with Gasteiger partial charge in [-0.2, -0.15) is 0 Å². The molecule has 1 rings (SSSR count). The summed E-state index contributed by atoms with van der Waals surface area (Å²) in [6.07, 6.45) is 1.08. The predicted molar refractivity (Wildman–Crippen MR) is 71.4 cm³/mol. The van der Waals surface area contributed by atoms with E-state index in [1.807, 2.05) is 6.92 Å². The molecule has 0 spiro atoms. The molecular weight excluding hydrogens is 230 g/mol. The smallest absolute Gasteiger partial charge is 0.251 e. The second kappa shape index (κ2) is 7.45. The van der Waals surface area contributed by atoms with Gasteiger partial charge >= 0.3 is 0 Å². The Kier molecular flexibility index (Phi) is 5.87. The van der Waals surface area contributed by atoms with Crippen molar-refractivity contribution in [3.8, 4) is 0 Å². The summed E-state index contributed by atoms with van der Waals surface area (Å²) in [5, 5.41) is 5.46. The van der Waals surface area contributed by atoms with E-state index < -0.39 is 0 Å². The molecule has 0 atom stereocenters. The van der Waals surface area contributed by atoms with Gasteiger partial charge in [-0.05, 0) is 44.2 Å². The number of amides is 2. The second-order valence-electron chi connectivity index (χ2n) is 3.88. The van der Waals surface area contributed by atoms with Crippen molar-refractivity contribution in [1.82, 2.24) is 5.32 Å². The van der Waals surface area contributed by atoms with Crippen LogP contribution in [0.3, 0.4) is 0 Å². The molecule has 5 heteroatoms. The van der Waals surface area contributed by atoms with E-state index in [9.17, 15) is 9.59 Å². The number of carbonyl (C=O) groups is 2. The summed E-state index contributed by atoms with van der Waals surface area (Å²) in [7, 11) is 0. The van der Waals surface area contributed by atoms with Gasteiger partial charge < -0.3 is 16.4 Å². The Morgan fingerprint density at radius 1 is 1.22 bits per heavy atom. The molecule has 0 heterocycles. The Bertz CT molecular complexity index is 401. The minimum atomic E-state index is -0.112. The summed E-state index contributed by atoms with van der Waals surface area (Å²) in [6, 6.07) is 6.79. The fourth-order valence-corrected chi connectivity index (χ4v) is 1.45. The number of hydrogen-bond donors (Lipinski definition) is 3. The molecule has 0 fully saturated rings. The Morgan fingerprint density at radius 2 is 1.89 bits per heavy atom. The lowest BCUT2D eigenvalue weighted by atomic mass is 10.2. The fraction of sp³-hybridized carbons (Fsp3) is 0.385. The molecule has 98 valence electrons. The molecule has 0 radical (unpaired) electrons. The molecule has 1 aromatic rings. The van der Waals surface area contributed by atoms with E-state index in [0.29, 0.717) is 37.2 Å². The summed E-state index contributed by atoms with van der Waals surface area (Å²) in [5.41, 5.74) is 6.59. The molecule has 18 heavy (non-hydrogen) atoms. The maximum absolute atomic E-state index is 11.5. The van der Waals surface area contributed by atoms with Crippen LogP contribution in [0, 0.1) is 0 Å². The van der Waals surface area contributed by atoms with Crippen LogP contribution in [0.5, 0.6) is 0 Å². The van der Waals surface area contributed by atoms with Crippen LogP contribution in [-0.2, 0) is 4.79 Å². The monoisotopic (exact) mass is 249 g/mol. The Labute approximate surface area is 107 Å². The molecule has 2 amide bonds. The van der Waals surface area contributed by atoms with Gasteiger partial charge in [0.25, 0.3) is 5.91 Å². The van der Waals surface area contributed by atoms with E-state index in [1.54, 1.807) is 24.3 Å². The standard InChI is InChI=1S/C13H19N3O2/c1-2-15-13(18)10-5-7-11(8-6-10)16-12(17)4-3-9-14/h5-8H,2-4,9,14H2,1H3,(H,15,18)(H,16,17). The largest absolute Gasteiger partial charge is 0.352 e. The van der Waals surface area contributed by atoms with Crippen LogP contribution in [0.2, 0.25) is 0 Å². The third-order valence-electron chi connectivity index (χ3n) is 2.38. The van der Waals surface area contributed by atoms with Gasteiger partial charge in [-0.15, -0.1) is 0 Å². The van der Waals surface area contributed by atoms with E-state index in [4.69, 9.17) is 5.73 Å². The molecule has 1 aromatic carbocycles. The highest BCUT2D eigenvalue weighted by Gasteiger charge is 2.05. The first kappa shape index (κ1) is 14.2. The lowest BCUT2D eigenvalue weighted by Crippen LogP contribution is -2.22. The van der Waals surface area contributed by atoms with Crippen LogP contribution >= 0.6 is 0 Å². The minimum Gasteiger partial charge on any atom is -0.352 e. The highest BCUT2D eigenvalue weighted by atomic mass is 16.2. The third kappa shape index (κ3) is 4.55. The normalized spacial score (nSPS) is 9.89. The van der Waals surface area contributed by atoms with E-state index in [0.717, 1.165) is 0 Å². The van der Waals surface area contributed by atoms with Crippen molar-refractivity contribution < 1.29 is 9.59 Å². The number of carbonyl (C=O) groups excluding carboxylic acids is 2. The summed E-state index contributed by atoms with van der Waals surface area (Å²) in [5.74, 6) is -0.176. The highest BCUT2D eigenvalue weighted by Crippen LogP contribution is 2.10. The SMILES string of the molecule is CCNC(=O)c1ccc(NC(=O)CCCN)cc1. The Hall–Kier alpha value is -1.88. The summed E-state index contributed by atoms with van der Waals surface area (Å²) in [6.45, 7) is 2.96. The van der Waals surface area contributed by atoms with E-state index >= 15 is 0 Å². The van der Waals surface area contributed by atoms with Gasteiger partial charge in [0, 0.05) is 24.2 Å². The van der Waals surface area contributed by atoms with Gasteiger partial charge in [-0.1, -0.05) is 0 Å². The molecular formula is C13H19N3O2. The zero-order chi connectivity index (χ0) is 13.4. The summed E-state index contributed by atoms with van der Waals surface area (Å²) in [4.78, 5) is 23.0. The number of anilines is 1. The topological polar surface area (TPSA) is 84.2 Å². The van der Waals surface area contributed by atoms with Gasteiger partial charge in [0.2, 0.25) is 5.91 Å². The Balaban J connectivity index is 2.55. The van der Waals surface area contributed by atoms with Crippen molar-refractivity contribution in [2.75, 3.05) is 18.4 Å². The van der Waals surface area contributed by atoms with Crippen molar-refractivity contribution in [2.24, 2.45) is 5.73 Å². The third-order valence-corrected chi connectivity index (χ3v) is 2.38. The Morgan fingerprint density at radius 3 is 2.44 bits per heavy atom. The first-order chi connectivity index (χ1) is 8.67. The van der Waals surface area contributed by atoms with Gasteiger partial charge in [-0.25, -0.2) is 0 Å². The molecule has 0 aliphatic rings. The predicted octanol–water partition coefficient (Wildman–Crippen LogP) is 1.11.